The van der Waals surface area contributed by atoms with Gasteiger partial charge in [0.2, 0.25) is 0 Å². The van der Waals surface area contributed by atoms with E-state index >= 15 is 0 Å². The first-order valence-electron chi connectivity index (χ1n) is 6.13. The van der Waals surface area contributed by atoms with Gasteiger partial charge in [-0.25, -0.2) is 0 Å². The summed E-state index contributed by atoms with van der Waals surface area (Å²) >= 11 is 0. The second kappa shape index (κ2) is 4.12. The van der Waals surface area contributed by atoms with Crippen LogP contribution in [0.5, 0.6) is 0 Å². The summed E-state index contributed by atoms with van der Waals surface area (Å²) in [7, 11) is 0. The molecule has 0 aromatic heterocycles. The van der Waals surface area contributed by atoms with Crippen LogP contribution in [0.1, 0.15) is 46.0 Å². The molecule has 1 aliphatic heterocycles. The van der Waals surface area contributed by atoms with Gasteiger partial charge in [-0.15, -0.1) is 0 Å². The number of likely N-dealkylation sites (tertiary alicyclic amines) is 1. The molecule has 2 aliphatic rings. The van der Waals surface area contributed by atoms with Gasteiger partial charge in [0.15, 0.2) is 0 Å². The van der Waals surface area contributed by atoms with Crippen LogP contribution in [0.4, 0.5) is 0 Å². The van der Waals surface area contributed by atoms with Crippen molar-refractivity contribution in [2.45, 2.75) is 52.0 Å². The minimum absolute atomic E-state index is 0.264. The summed E-state index contributed by atoms with van der Waals surface area (Å²) in [5, 5.41) is 12.6. The van der Waals surface area contributed by atoms with Gasteiger partial charge in [-0.1, -0.05) is 5.16 Å². The zero-order valence-electron chi connectivity index (χ0n) is 9.87. The predicted octanol–water partition coefficient (Wildman–Crippen LogP) is 2.49. The molecular weight excluding hydrogens is 188 g/mol. The highest BCUT2D eigenvalue weighted by Crippen LogP contribution is 2.44. The summed E-state index contributed by atoms with van der Waals surface area (Å²) in [6.07, 6.45) is 5.83. The molecule has 3 nitrogen and oxygen atoms in total. The van der Waals surface area contributed by atoms with Crippen molar-refractivity contribution in [2.24, 2.45) is 10.6 Å². The van der Waals surface area contributed by atoms with Crippen LogP contribution in [0.15, 0.2) is 5.16 Å². The molecule has 3 heteroatoms. The first-order valence-corrected chi connectivity index (χ1v) is 6.13. The third kappa shape index (κ3) is 1.89. The third-order valence-electron chi connectivity index (χ3n) is 4.29. The van der Waals surface area contributed by atoms with Crippen LogP contribution in [0.3, 0.4) is 0 Å². The van der Waals surface area contributed by atoms with Gasteiger partial charge < -0.3 is 10.1 Å². The molecule has 0 radical (unpaired) electrons. The van der Waals surface area contributed by atoms with Crippen LogP contribution < -0.4 is 0 Å². The predicted molar refractivity (Wildman–Crippen MR) is 61.4 cm³/mol. The average molecular weight is 210 g/mol. The third-order valence-corrected chi connectivity index (χ3v) is 4.29. The van der Waals surface area contributed by atoms with Crippen molar-refractivity contribution in [3.05, 3.63) is 0 Å². The van der Waals surface area contributed by atoms with Gasteiger partial charge in [0.25, 0.3) is 0 Å². The van der Waals surface area contributed by atoms with E-state index in [4.69, 9.17) is 5.21 Å². The fourth-order valence-corrected chi connectivity index (χ4v) is 3.17. The van der Waals surface area contributed by atoms with Gasteiger partial charge in [0.1, 0.15) is 0 Å². The molecule has 2 fully saturated rings. The monoisotopic (exact) mass is 210 g/mol. The Hall–Kier alpha value is -0.570. The van der Waals surface area contributed by atoms with E-state index in [1.54, 1.807) is 0 Å². The molecule has 0 atom stereocenters. The Labute approximate surface area is 92.1 Å². The average Bonchev–Trinajstić information content (AvgIpc) is 2.61. The van der Waals surface area contributed by atoms with Crippen molar-refractivity contribution in [3.8, 4) is 0 Å². The van der Waals surface area contributed by atoms with Gasteiger partial charge in [-0.3, -0.25) is 0 Å². The van der Waals surface area contributed by atoms with Crippen LogP contribution in [-0.2, 0) is 0 Å². The fraction of sp³-hybridized carbons (Fsp3) is 0.917. The van der Waals surface area contributed by atoms with Crippen molar-refractivity contribution < 1.29 is 5.21 Å². The summed E-state index contributed by atoms with van der Waals surface area (Å²) in [6.45, 7) is 6.84. The van der Waals surface area contributed by atoms with Crippen molar-refractivity contribution in [2.75, 3.05) is 13.1 Å². The number of oxime groups is 1. The fourth-order valence-electron chi connectivity index (χ4n) is 3.17. The number of piperidine rings is 1. The van der Waals surface area contributed by atoms with Gasteiger partial charge in [-0.05, 0) is 59.0 Å². The van der Waals surface area contributed by atoms with E-state index < -0.39 is 0 Å². The maximum Gasteiger partial charge on any atom is 0.0633 e. The second-order valence-electron chi connectivity index (χ2n) is 5.31. The normalized spacial score (nSPS) is 29.4. The lowest BCUT2D eigenvalue weighted by atomic mass is 9.75. The van der Waals surface area contributed by atoms with E-state index in [1.807, 2.05) is 0 Å². The first kappa shape index (κ1) is 10.9. The van der Waals surface area contributed by atoms with E-state index in [-0.39, 0.29) is 5.41 Å². The zero-order valence-corrected chi connectivity index (χ0v) is 9.87. The van der Waals surface area contributed by atoms with Crippen molar-refractivity contribution in [1.82, 2.24) is 4.90 Å². The summed E-state index contributed by atoms with van der Waals surface area (Å²) in [5.74, 6) is 0. The summed E-state index contributed by atoms with van der Waals surface area (Å²) < 4.78 is 0. The maximum absolute atomic E-state index is 9.03. The molecule has 1 saturated heterocycles. The Morgan fingerprint density at radius 3 is 2.47 bits per heavy atom. The van der Waals surface area contributed by atoms with Crippen LogP contribution in [0.25, 0.3) is 0 Å². The van der Waals surface area contributed by atoms with Crippen molar-refractivity contribution in [1.29, 1.82) is 0 Å². The van der Waals surface area contributed by atoms with Gasteiger partial charge in [-0.2, -0.15) is 0 Å². The molecule has 1 spiro atoms. The number of hydrogen-bond donors (Lipinski definition) is 1. The molecule has 0 bridgehead atoms. The molecule has 1 aliphatic carbocycles. The smallest absolute Gasteiger partial charge is 0.0633 e. The topological polar surface area (TPSA) is 35.8 Å². The number of rotatable bonds is 1. The molecule has 15 heavy (non-hydrogen) atoms. The van der Waals surface area contributed by atoms with E-state index in [0.29, 0.717) is 6.04 Å². The number of nitrogens with zero attached hydrogens (tertiary/aromatic N) is 2. The molecule has 0 aromatic rings. The minimum Gasteiger partial charge on any atom is -0.411 e. The van der Waals surface area contributed by atoms with Gasteiger partial charge in [0.05, 0.1) is 5.71 Å². The second-order valence-corrected chi connectivity index (χ2v) is 5.31. The lowest BCUT2D eigenvalue weighted by molar-refractivity contribution is 0.121. The Morgan fingerprint density at radius 1 is 1.27 bits per heavy atom. The Morgan fingerprint density at radius 2 is 1.93 bits per heavy atom. The summed E-state index contributed by atoms with van der Waals surface area (Å²) in [4.78, 5) is 2.53. The Balaban J connectivity index is 2.03. The van der Waals surface area contributed by atoms with Gasteiger partial charge in [0, 0.05) is 11.5 Å². The highest BCUT2D eigenvalue weighted by atomic mass is 16.4. The highest BCUT2D eigenvalue weighted by Gasteiger charge is 2.42. The molecule has 1 heterocycles. The molecule has 0 aromatic carbocycles. The largest absolute Gasteiger partial charge is 0.411 e. The SMILES string of the molecule is CC(C)N1CCC2(CCC/C2=N\O)CC1. The standard InChI is InChI=1S/C12H22N2O/c1-10(2)14-8-6-12(7-9-14)5-3-4-11(12)13-15/h10,15H,3-9H2,1-2H3/b13-11+. The van der Waals surface area contributed by atoms with E-state index in [9.17, 15) is 0 Å². The van der Waals surface area contributed by atoms with Crippen LogP contribution >= 0.6 is 0 Å². The molecule has 1 N–H and O–H groups in total. The van der Waals surface area contributed by atoms with E-state index in [1.165, 1.54) is 25.7 Å². The van der Waals surface area contributed by atoms with Crippen LogP contribution in [0, 0.1) is 5.41 Å². The molecule has 1 saturated carbocycles. The van der Waals surface area contributed by atoms with Crippen LogP contribution in [-0.4, -0.2) is 35.0 Å². The van der Waals surface area contributed by atoms with E-state index in [0.717, 1.165) is 25.2 Å². The summed E-state index contributed by atoms with van der Waals surface area (Å²) in [5.41, 5.74) is 1.34. The van der Waals surface area contributed by atoms with E-state index in [2.05, 4.69) is 23.9 Å². The Bertz CT molecular complexity index is 252. The molecule has 2 rings (SSSR count). The zero-order chi connectivity index (χ0) is 10.9. The highest BCUT2D eigenvalue weighted by molar-refractivity contribution is 5.91. The lowest BCUT2D eigenvalue weighted by Gasteiger charge is -2.41. The molecular formula is C12H22N2O. The first-order chi connectivity index (χ1) is 7.18. The Kier molecular flexibility index (Phi) is 3.01. The van der Waals surface area contributed by atoms with Crippen LogP contribution in [0.2, 0.25) is 0 Å². The number of hydrogen-bond acceptors (Lipinski definition) is 3. The van der Waals surface area contributed by atoms with Crippen molar-refractivity contribution in [3.63, 3.8) is 0 Å². The van der Waals surface area contributed by atoms with Crippen molar-refractivity contribution >= 4 is 5.71 Å². The maximum atomic E-state index is 9.03. The quantitative estimate of drug-likeness (QED) is 0.533. The summed E-state index contributed by atoms with van der Waals surface area (Å²) in [6, 6.07) is 0.651. The van der Waals surface area contributed by atoms with Gasteiger partial charge >= 0.3 is 0 Å². The molecule has 0 amide bonds. The lowest BCUT2D eigenvalue weighted by Crippen LogP contribution is -2.44. The molecule has 0 unspecified atom stereocenters. The minimum atomic E-state index is 0.264. The molecule has 86 valence electrons.